The largest absolute Gasteiger partial charge is 0.490 e. The number of aliphatic carboxylic acids is 1. The maximum atomic E-state index is 13.4. The highest BCUT2D eigenvalue weighted by molar-refractivity contribution is 9.10. The van der Waals surface area contributed by atoms with E-state index in [0.29, 0.717) is 55.9 Å². The fraction of sp³-hybridized carbons (Fsp3) is 0.429. The van der Waals surface area contributed by atoms with Crippen LogP contribution < -0.4 is 25.6 Å². The molecule has 14 nitrogen and oxygen atoms in total. The number of piperidine rings is 1. The number of nitrogens with one attached hydrogen (secondary N) is 2. The van der Waals surface area contributed by atoms with Gasteiger partial charge < -0.3 is 34.8 Å². The number of hydrogen-bond donors (Lipinski definition) is 3. The third kappa shape index (κ3) is 10.0. The summed E-state index contributed by atoms with van der Waals surface area (Å²) in [6.07, 6.45) is 5.06. The Hall–Kier alpha value is -4.38. The summed E-state index contributed by atoms with van der Waals surface area (Å²) < 4.78 is 51.6. The van der Waals surface area contributed by atoms with Crippen LogP contribution in [0.2, 0.25) is 0 Å². The number of halogens is 4. The minimum absolute atomic E-state index is 0.334. The molecule has 2 aliphatic rings. The Bertz CT molecular complexity index is 2030. The summed E-state index contributed by atoms with van der Waals surface area (Å²) in [5, 5.41) is 14.4. The molecule has 4 aromatic rings. The van der Waals surface area contributed by atoms with Crippen molar-refractivity contribution >= 4 is 80.4 Å². The summed E-state index contributed by atoms with van der Waals surface area (Å²) >= 11 is 3.57. The van der Waals surface area contributed by atoms with Crippen molar-refractivity contribution in [1.29, 1.82) is 0 Å². The van der Waals surface area contributed by atoms with Crippen LogP contribution in [-0.2, 0) is 9.36 Å². The highest BCUT2D eigenvalue weighted by Gasteiger charge is 2.38. The molecule has 6 rings (SSSR count). The number of alkyl halides is 3. The molecule has 0 saturated carbocycles. The molecule has 0 unspecified atom stereocenters. The van der Waals surface area contributed by atoms with E-state index < -0.39 is 19.3 Å². The van der Waals surface area contributed by atoms with E-state index in [4.69, 9.17) is 24.6 Å². The predicted octanol–water partition coefficient (Wildman–Crippen LogP) is 6.20. The van der Waals surface area contributed by atoms with E-state index in [1.165, 1.54) is 19.5 Å². The quantitative estimate of drug-likeness (QED) is 0.163. The number of carboxylic acids is 1. The molecule has 0 amide bonds. The van der Waals surface area contributed by atoms with Gasteiger partial charge in [0.15, 0.2) is 0 Å². The van der Waals surface area contributed by atoms with Gasteiger partial charge >= 0.3 is 12.1 Å². The summed E-state index contributed by atoms with van der Waals surface area (Å²) in [7, 11) is 1.08. The van der Waals surface area contributed by atoms with Crippen LogP contribution in [0.1, 0.15) is 24.8 Å². The van der Waals surface area contributed by atoms with E-state index in [-0.39, 0.29) is 0 Å². The molecule has 3 aromatic heterocycles. The van der Waals surface area contributed by atoms with Gasteiger partial charge in [0.05, 0.1) is 28.1 Å². The summed E-state index contributed by atoms with van der Waals surface area (Å²) in [5.41, 5.74) is 3.44. The van der Waals surface area contributed by atoms with Gasteiger partial charge in [-0.05, 0) is 86.9 Å². The number of benzene rings is 1. The van der Waals surface area contributed by atoms with E-state index >= 15 is 0 Å². The molecule has 0 spiro atoms. The van der Waals surface area contributed by atoms with E-state index in [1.54, 1.807) is 39.0 Å². The van der Waals surface area contributed by atoms with Gasteiger partial charge in [-0.15, -0.1) is 0 Å². The maximum Gasteiger partial charge on any atom is 0.490 e. The zero-order valence-corrected chi connectivity index (χ0v) is 32.9. The van der Waals surface area contributed by atoms with Crippen LogP contribution in [-0.4, -0.2) is 125 Å². The number of nitrogens with zero attached hydrogens (tertiary/aromatic N) is 8. The molecule has 2 fully saturated rings. The van der Waals surface area contributed by atoms with Gasteiger partial charge in [-0.25, -0.2) is 9.78 Å². The fourth-order valence-electron chi connectivity index (χ4n) is 6.46. The Morgan fingerprint density at radius 3 is 2.39 bits per heavy atom. The second kappa shape index (κ2) is 17.4. The van der Waals surface area contributed by atoms with Gasteiger partial charge in [-0.1, -0.05) is 12.7 Å². The molecule has 19 heteroatoms. The van der Waals surface area contributed by atoms with Gasteiger partial charge in [0.2, 0.25) is 11.8 Å². The minimum Gasteiger partial charge on any atom is -0.479 e. The lowest BCUT2D eigenvalue weighted by molar-refractivity contribution is -0.192. The number of rotatable bonds is 9. The van der Waals surface area contributed by atoms with Crippen molar-refractivity contribution in [2.75, 3.05) is 82.3 Å². The third-order valence-electron chi connectivity index (χ3n) is 9.08. The van der Waals surface area contributed by atoms with Crippen LogP contribution in [0.3, 0.4) is 0 Å². The zero-order chi connectivity index (χ0) is 39.2. The summed E-state index contributed by atoms with van der Waals surface area (Å²) in [4.78, 5) is 39.4. The molecule has 3 N–H and O–H groups in total. The Morgan fingerprint density at radius 1 is 1.04 bits per heavy atom. The van der Waals surface area contributed by atoms with Crippen molar-refractivity contribution in [3.8, 4) is 5.88 Å². The van der Waals surface area contributed by atoms with E-state index in [2.05, 4.69) is 69.8 Å². The van der Waals surface area contributed by atoms with Crippen LogP contribution >= 0.6 is 23.1 Å². The number of fused-ring (bicyclic) bond motifs is 1. The topological polar surface area (TPSA) is 162 Å². The molecular formula is C35H43BrF3N10O4P. The van der Waals surface area contributed by atoms with Crippen molar-refractivity contribution < 1.29 is 32.4 Å². The van der Waals surface area contributed by atoms with Gasteiger partial charge in [-0.3, -0.25) is 14.9 Å². The second-order valence-corrected chi connectivity index (χ2v) is 17.3. The van der Waals surface area contributed by atoms with Crippen LogP contribution in [0.5, 0.6) is 5.88 Å². The number of likely N-dealkylation sites (N-methyl/N-ethyl adjacent to an activating group) is 1. The zero-order valence-electron chi connectivity index (χ0n) is 30.4. The lowest BCUT2D eigenvalue weighted by atomic mass is 10.0. The standard InChI is InChI=1S/C33H42BrN10O2P.C2HF3O2/c1-6-22-20-27(32(46-3)41-31(22)44-16-10-23(11-17-44)43-15-7-14-42(2)18-19-43)39-33-37-21-24(34)30(40-33)38-26-9-8-25-28(36-13-12-35-25)29(26)47(4,5)45;3-2(4,5)1(6)7/h6,8-9,12-13,20-21,23H,1,7,10-11,14-19H2,2-5H3,(H2,37,38,39,40);(H,6,7). The Kier molecular flexibility index (Phi) is 13.1. The number of anilines is 5. The van der Waals surface area contributed by atoms with Gasteiger partial charge in [0.1, 0.15) is 30.0 Å². The Morgan fingerprint density at radius 2 is 1.74 bits per heavy atom. The number of hydrogen-bond acceptors (Lipinski definition) is 13. The minimum atomic E-state index is -5.08. The third-order valence-corrected chi connectivity index (χ3v) is 11.2. The second-order valence-electron chi connectivity index (χ2n) is 13.3. The van der Waals surface area contributed by atoms with Crippen molar-refractivity contribution in [2.24, 2.45) is 0 Å². The molecule has 0 radical (unpaired) electrons. The SMILES string of the molecule is C=Cc1cc(Nc2ncc(Br)c(Nc3ccc4nccnc4c3P(C)(C)=O)n2)c(OC)nc1N1CCC(N2CCCN(C)CC2)CC1.O=C(O)C(F)(F)F. The number of carbonyl (C=O) groups is 1. The first-order chi connectivity index (χ1) is 25.6. The number of aromatic nitrogens is 5. The van der Waals surface area contributed by atoms with E-state index in [0.717, 1.165) is 50.4 Å². The summed E-state index contributed by atoms with van der Waals surface area (Å²) in [6, 6.07) is 6.28. The van der Waals surface area contributed by atoms with Gasteiger partial charge in [0.25, 0.3) is 0 Å². The fourth-order valence-corrected chi connectivity index (χ4v) is 8.14. The molecule has 2 aliphatic heterocycles. The highest BCUT2D eigenvalue weighted by atomic mass is 79.9. The first-order valence-corrected chi connectivity index (χ1v) is 20.5. The van der Waals surface area contributed by atoms with Crippen molar-refractivity contribution in [1.82, 2.24) is 34.7 Å². The van der Waals surface area contributed by atoms with Crippen molar-refractivity contribution in [3.05, 3.63) is 53.4 Å². The molecule has 0 atom stereocenters. The monoisotopic (exact) mass is 834 g/mol. The smallest absolute Gasteiger partial charge is 0.479 e. The normalized spacial score (nSPS) is 16.3. The van der Waals surface area contributed by atoms with E-state index in [9.17, 15) is 17.7 Å². The number of methoxy groups -OCH3 is 1. The van der Waals surface area contributed by atoms with E-state index in [1.807, 2.05) is 24.3 Å². The van der Waals surface area contributed by atoms with Crippen molar-refractivity contribution in [3.63, 3.8) is 0 Å². The highest BCUT2D eigenvalue weighted by Crippen LogP contribution is 2.41. The lowest BCUT2D eigenvalue weighted by Gasteiger charge is -2.39. The van der Waals surface area contributed by atoms with Crippen LogP contribution in [0.25, 0.3) is 17.1 Å². The predicted molar refractivity (Wildman–Crippen MR) is 208 cm³/mol. The first-order valence-electron chi connectivity index (χ1n) is 17.1. The average molecular weight is 836 g/mol. The summed E-state index contributed by atoms with van der Waals surface area (Å²) in [6.45, 7) is 14.0. The molecule has 0 bridgehead atoms. The van der Waals surface area contributed by atoms with Crippen LogP contribution in [0.15, 0.2) is 47.8 Å². The Labute approximate surface area is 319 Å². The van der Waals surface area contributed by atoms with Crippen LogP contribution in [0, 0.1) is 0 Å². The molecule has 290 valence electrons. The average Bonchev–Trinajstić information content (AvgIpc) is 3.36. The molecule has 1 aromatic carbocycles. The molecule has 0 aliphatic carbocycles. The molecular weight excluding hydrogens is 792 g/mol. The number of carboxylic acid groups (broad SMARTS) is 1. The Balaban J connectivity index is 0.000000730. The summed E-state index contributed by atoms with van der Waals surface area (Å²) in [5.74, 6) is -0.622. The van der Waals surface area contributed by atoms with Crippen molar-refractivity contribution in [2.45, 2.75) is 31.5 Å². The number of ether oxygens (including phenoxy) is 1. The molecule has 2 saturated heterocycles. The van der Waals surface area contributed by atoms with Crippen LogP contribution in [0.4, 0.5) is 42.1 Å². The maximum absolute atomic E-state index is 13.4. The van der Waals surface area contributed by atoms with Gasteiger partial charge in [-0.2, -0.15) is 23.1 Å². The van der Waals surface area contributed by atoms with Gasteiger partial charge in [0, 0.05) is 56.4 Å². The molecule has 54 heavy (non-hydrogen) atoms. The number of pyridine rings is 1. The lowest BCUT2D eigenvalue weighted by Crippen LogP contribution is -2.46. The molecule has 5 heterocycles. The first kappa shape index (κ1) is 40.8.